The summed E-state index contributed by atoms with van der Waals surface area (Å²) in [6.07, 6.45) is 0. The summed E-state index contributed by atoms with van der Waals surface area (Å²) < 4.78 is 8.61. The molecule has 0 atom stereocenters. The van der Waals surface area contributed by atoms with Crippen molar-refractivity contribution in [3.8, 4) is 11.5 Å². The minimum absolute atomic E-state index is 0. The Hall–Kier alpha value is -0.180. The Balaban J connectivity index is 0. The number of H-pyrrole nitrogens is 1. The zero-order valence-electron chi connectivity index (χ0n) is 8.03. The zero-order chi connectivity index (χ0) is 11.6. The second-order valence-electron chi connectivity index (χ2n) is 2.56. The molecule has 1 rings (SSSR count). The minimum atomic E-state index is -0.905. The summed E-state index contributed by atoms with van der Waals surface area (Å²) in [5, 5.41) is 18.5. The number of methoxy groups -OCH3 is 2. The van der Waals surface area contributed by atoms with Crippen LogP contribution in [0, 0.1) is 0 Å². The molecule has 1 aromatic heterocycles. The number of aromatic hydroxyl groups is 2. The van der Waals surface area contributed by atoms with Crippen LogP contribution in [0.3, 0.4) is 0 Å². The molecule has 0 saturated heterocycles. The van der Waals surface area contributed by atoms with Crippen LogP contribution in [-0.2, 0) is 9.47 Å². The Morgan fingerprint density at radius 2 is 1.24 bits per heavy atom. The van der Waals surface area contributed by atoms with Crippen molar-refractivity contribution >= 4 is 71.1 Å². The molecule has 0 aliphatic carbocycles. The predicted molar refractivity (Wildman–Crippen MR) is 61.1 cm³/mol. The molecule has 0 fully saturated rings. The van der Waals surface area contributed by atoms with Crippen molar-refractivity contribution < 1.29 is 29.3 Å². The first-order valence-corrected chi connectivity index (χ1v) is 3.83. The number of aromatic amines is 1. The Labute approximate surface area is 141 Å². The molecule has 0 aliphatic rings. The summed E-state index contributed by atoms with van der Waals surface area (Å²) in [6.45, 7) is 0. The van der Waals surface area contributed by atoms with Gasteiger partial charge in [-0.25, -0.2) is 9.59 Å². The summed E-state index contributed by atoms with van der Waals surface area (Å²) in [7, 11) is 2.19. The molecule has 0 unspecified atom stereocenters. The first kappa shape index (κ1) is 19.2. The second kappa shape index (κ2) is 8.02. The van der Waals surface area contributed by atoms with Crippen molar-refractivity contribution in [1.82, 2.24) is 4.98 Å². The van der Waals surface area contributed by atoms with Crippen LogP contribution >= 0.6 is 0 Å². The molecule has 1 heterocycles. The monoisotopic (exact) mass is 263 g/mol. The summed E-state index contributed by atoms with van der Waals surface area (Å²) >= 11 is 0. The van der Waals surface area contributed by atoms with Crippen LogP contribution < -0.4 is 0 Å². The van der Waals surface area contributed by atoms with E-state index < -0.39 is 34.8 Å². The molecule has 7 nitrogen and oxygen atoms in total. The van der Waals surface area contributed by atoms with Crippen LogP contribution in [0.25, 0.3) is 0 Å². The predicted octanol–water partition coefficient (Wildman–Crippen LogP) is -1.30. The Bertz CT molecular complexity index is 380. The maximum absolute atomic E-state index is 11.0. The Morgan fingerprint density at radius 1 is 0.941 bits per heavy atom. The standard InChI is InChI=1S/C8H9NO6.2Na.2H/c1-14-7(12)3-5(10)6(11)4(9-3)8(13)15-2;;;;/h9-11H,1-2H3;;;;. The fourth-order valence-corrected chi connectivity index (χ4v) is 0.980. The molecular formula is C8H11NNa2O6. The van der Waals surface area contributed by atoms with Crippen molar-refractivity contribution in [3.05, 3.63) is 11.4 Å². The van der Waals surface area contributed by atoms with Gasteiger partial charge in [-0.05, 0) is 0 Å². The van der Waals surface area contributed by atoms with Crippen molar-refractivity contribution in [2.75, 3.05) is 14.2 Å². The van der Waals surface area contributed by atoms with Gasteiger partial charge < -0.3 is 24.7 Å². The van der Waals surface area contributed by atoms with E-state index in [0.717, 1.165) is 14.2 Å². The van der Waals surface area contributed by atoms with Gasteiger partial charge in [0.1, 0.15) is 0 Å². The van der Waals surface area contributed by atoms with E-state index in [1.54, 1.807) is 0 Å². The molecule has 0 aromatic carbocycles. The van der Waals surface area contributed by atoms with E-state index in [2.05, 4.69) is 14.5 Å². The van der Waals surface area contributed by atoms with Crippen LogP contribution in [0.4, 0.5) is 0 Å². The van der Waals surface area contributed by atoms with Gasteiger partial charge in [-0.2, -0.15) is 0 Å². The molecule has 86 valence electrons. The molecular weight excluding hydrogens is 252 g/mol. The fraction of sp³-hybridized carbons (Fsp3) is 0.250. The zero-order valence-corrected chi connectivity index (χ0v) is 8.03. The van der Waals surface area contributed by atoms with E-state index in [4.69, 9.17) is 0 Å². The number of carbonyl (C=O) groups excluding carboxylic acids is 2. The summed E-state index contributed by atoms with van der Waals surface area (Å²) in [4.78, 5) is 24.3. The molecule has 17 heavy (non-hydrogen) atoms. The number of nitrogens with one attached hydrogen (secondary N) is 1. The maximum atomic E-state index is 11.0. The van der Waals surface area contributed by atoms with Gasteiger partial charge in [0.15, 0.2) is 22.9 Å². The third kappa shape index (κ3) is 3.90. The van der Waals surface area contributed by atoms with E-state index in [1.807, 2.05) is 0 Å². The molecule has 0 bridgehead atoms. The second-order valence-corrected chi connectivity index (χ2v) is 2.56. The van der Waals surface area contributed by atoms with Crippen molar-refractivity contribution in [1.29, 1.82) is 0 Å². The van der Waals surface area contributed by atoms with Gasteiger partial charge in [0, 0.05) is 0 Å². The van der Waals surface area contributed by atoms with Crippen LogP contribution in [0.5, 0.6) is 11.5 Å². The molecule has 9 heteroatoms. The molecule has 0 spiro atoms. The molecule has 3 N–H and O–H groups in total. The summed E-state index contributed by atoms with van der Waals surface area (Å²) in [6, 6.07) is 0. The van der Waals surface area contributed by atoms with Gasteiger partial charge >= 0.3 is 71.1 Å². The number of hydrogen-bond acceptors (Lipinski definition) is 6. The first-order chi connectivity index (χ1) is 7.02. The van der Waals surface area contributed by atoms with Crippen molar-refractivity contribution in [2.24, 2.45) is 0 Å². The number of rotatable bonds is 2. The van der Waals surface area contributed by atoms with Gasteiger partial charge in [0.25, 0.3) is 0 Å². The SMILES string of the molecule is COC(=O)c1[nH]c(C(=O)OC)c(O)c1O.[NaH].[NaH]. The van der Waals surface area contributed by atoms with E-state index in [1.165, 1.54) is 0 Å². The average Bonchev–Trinajstić information content (AvgIpc) is 2.54. The molecule has 1 aromatic rings. The molecule has 0 radical (unpaired) electrons. The number of aromatic nitrogens is 1. The third-order valence-corrected chi connectivity index (χ3v) is 1.73. The van der Waals surface area contributed by atoms with E-state index in [9.17, 15) is 19.8 Å². The Kier molecular flexibility index (Phi) is 9.04. The number of carbonyl (C=O) groups is 2. The van der Waals surface area contributed by atoms with Crippen LogP contribution in [-0.4, -0.2) is 100 Å². The third-order valence-electron chi connectivity index (χ3n) is 1.73. The van der Waals surface area contributed by atoms with Gasteiger partial charge in [-0.15, -0.1) is 0 Å². The molecule has 0 saturated carbocycles. The van der Waals surface area contributed by atoms with Gasteiger partial charge in [-0.3, -0.25) is 0 Å². The van der Waals surface area contributed by atoms with E-state index in [-0.39, 0.29) is 59.1 Å². The topological polar surface area (TPSA) is 109 Å². The van der Waals surface area contributed by atoms with Gasteiger partial charge in [0.2, 0.25) is 0 Å². The molecule has 0 amide bonds. The van der Waals surface area contributed by atoms with E-state index in [0.29, 0.717) is 0 Å². The first-order valence-electron chi connectivity index (χ1n) is 3.83. The van der Waals surface area contributed by atoms with Gasteiger partial charge in [0.05, 0.1) is 14.2 Å². The van der Waals surface area contributed by atoms with E-state index >= 15 is 0 Å². The van der Waals surface area contributed by atoms with Crippen LogP contribution in [0.15, 0.2) is 0 Å². The van der Waals surface area contributed by atoms with Crippen LogP contribution in [0.2, 0.25) is 0 Å². The van der Waals surface area contributed by atoms with Crippen molar-refractivity contribution in [2.45, 2.75) is 0 Å². The number of ether oxygens (including phenoxy) is 2. The van der Waals surface area contributed by atoms with Crippen LogP contribution in [0.1, 0.15) is 21.0 Å². The van der Waals surface area contributed by atoms with Crippen molar-refractivity contribution in [3.63, 3.8) is 0 Å². The molecule has 0 aliphatic heterocycles. The average molecular weight is 263 g/mol. The summed E-state index contributed by atoms with van der Waals surface area (Å²) in [5.41, 5.74) is -0.814. The number of esters is 2. The fourth-order valence-electron chi connectivity index (χ4n) is 0.980. The quantitative estimate of drug-likeness (QED) is 0.452. The Morgan fingerprint density at radius 3 is 1.47 bits per heavy atom. The van der Waals surface area contributed by atoms with Gasteiger partial charge in [-0.1, -0.05) is 0 Å². The summed E-state index contributed by atoms with van der Waals surface area (Å²) in [5.74, 6) is -3.31. The normalized spacial score (nSPS) is 8.59. The number of hydrogen-bond donors (Lipinski definition) is 3.